The number of imide groups is 1. The van der Waals surface area contributed by atoms with Crippen molar-refractivity contribution >= 4 is 23.6 Å². The molecule has 2 atom stereocenters. The first-order valence-corrected chi connectivity index (χ1v) is 9.16. The van der Waals surface area contributed by atoms with Gasteiger partial charge in [0, 0.05) is 25.5 Å². The maximum absolute atomic E-state index is 13.1. The molecule has 8 nitrogen and oxygen atoms in total. The molecular weight excluding hydrogens is 358 g/mol. The monoisotopic (exact) mass is 381 g/mol. The molecule has 28 heavy (non-hydrogen) atoms. The topological polar surface area (TPSA) is 68.7 Å². The Hall–Kier alpha value is -3.29. The Labute approximate surface area is 164 Å². The van der Waals surface area contributed by atoms with E-state index < -0.39 is 12.2 Å². The Morgan fingerprint density at radius 2 is 2.00 bits per heavy atom. The van der Waals surface area contributed by atoms with Gasteiger partial charge in [0.2, 0.25) is 5.96 Å². The summed E-state index contributed by atoms with van der Waals surface area (Å²) >= 11 is 0. The number of anilines is 1. The lowest BCUT2D eigenvalue weighted by Gasteiger charge is -2.39. The number of guanidine groups is 1. The lowest BCUT2D eigenvalue weighted by atomic mass is 10.1. The number of aliphatic imine (C=N–C) groups is 1. The lowest BCUT2D eigenvalue weighted by Crippen LogP contribution is -2.64. The Morgan fingerprint density at radius 1 is 1.25 bits per heavy atom. The molecule has 1 fully saturated rings. The van der Waals surface area contributed by atoms with Crippen molar-refractivity contribution in [2.24, 2.45) is 4.99 Å². The van der Waals surface area contributed by atoms with Crippen LogP contribution >= 0.6 is 0 Å². The van der Waals surface area contributed by atoms with E-state index in [9.17, 15) is 9.59 Å². The van der Waals surface area contributed by atoms with Crippen LogP contribution in [0.2, 0.25) is 0 Å². The number of amides is 3. The minimum atomic E-state index is -0.572. The van der Waals surface area contributed by atoms with Gasteiger partial charge in [0.25, 0.3) is 5.91 Å². The predicted molar refractivity (Wildman–Crippen MR) is 106 cm³/mol. The van der Waals surface area contributed by atoms with Crippen molar-refractivity contribution in [1.29, 1.82) is 0 Å². The summed E-state index contributed by atoms with van der Waals surface area (Å²) < 4.78 is 5.50. The minimum absolute atomic E-state index is 0.240. The number of benzene rings is 1. The Kier molecular flexibility index (Phi) is 4.33. The average Bonchev–Trinajstić information content (AvgIpc) is 3.20. The maximum Gasteiger partial charge on any atom is 0.328 e. The fourth-order valence-electron chi connectivity index (χ4n) is 3.85. The largest absolute Gasteiger partial charge is 0.495 e. The number of hydrogen-bond acceptors (Lipinski definition) is 6. The summed E-state index contributed by atoms with van der Waals surface area (Å²) in [5.74, 6) is 1.09. The van der Waals surface area contributed by atoms with Crippen molar-refractivity contribution < 1.29 is 14.3 Å². The zero-order chi connectivity index (χ0) is 20.0. The Morgan fingerprint density at radius 3 is 2.71 bits per heavy atom. The van der Waals surface area contributed by atoms with Gasteiger partial charge in [-0.15, -0.1) is 0 Å². The second-order valence-electron chi connectivity index (χ2n) is 6.88. The second kappa shape index (κ2) is 6.70. The van der Waals surface area contributed by atoms with Gasteiger partial charge in [0.05, 0.1) is 12.8 Å². The first-order valence-electron chi connectivity index (χ1n) is 9.16. The molecule has 1 aromatic rings. The number of rotatable bonds is 4. The van der Waals surface area contributed by atoms with Crippen molar-refractivity contribution in [3.63, 3.8) is 0 Å². The third-order valence-electron chi connectivity index (χ3n) is 5.24. The van der Waals surface area contributed by atoms with E-state index in [0.29, 0.717) is 11.7 Å². The van der Waals surface area contributed by atoms with Gasteiger partial charge in [-0.1, -0.05) is 24.3 Å². The molecule has 2 unspecified atom stereocenters. The van der Waals surface area contributed by atoms with E-state index in [-0.39, 0.29) is 18.5 Å². The lowest BCUT2D eigenvalue weighted by molar-refractivity contribution is -0.136. The summed E-state index contributed by atoms with van der Waals surface area (Å²) in [5.41, 5.74) is 1.76. The van der Waals surface area contributed by atoms with Crippen LogP contribution in [0.5, 0.6) is 5.75 Å². The fourth-order valence-corrected chi connectivity index (χ4v) is 3.85. The van der Waals surface area contributed by atoms with E-state index in [4.69, 9.17) is 9.73 Å². The smallest absolute Gasteiger partial charge is 0.328 e. The van der Waals surface area contributed by atoms with Crippen LogP contribution in [0.3, 0.4) is 0 Å². The Bertz CT molecular complexity index is 922. The molecule has 4 rings (SSSR count). The van der Waals surface area contributed by atoms with E-state index in [1.807, 2.05) is 60.2 Å². The molecule has 0 saturated carbocycles. The number of para-hydroxylation sites is 2. The molecule has 1 saturated heterocycles. The highest BCUT2D eigenvalue weighted by molar-refractivity contribution is 6.10. The van der Waals surface area contributed by atoms with Crippen molar-refractivity contribution in [2.45, 2.75) is 26.1 Å². The molecule has 3 aliphatic heterocycles. The van der Waals surface area contributed by atoms with Crippen molar-refractivity contribution in [1.82, 2.24) is 14.7 Å². The number of fused-ring (bicyclic) bond motifs is 3. The van der Waals surface area contributed by atoms with Crippen LogP contribution in [0, 0.1) is 0 Å². The molecule has 0 aromatic heterocycles. The average molecular weight is 381 g/mol. The molecule has 0 aliphatic carbocycles. The van der Waals surface area contributed by atoms with Gasteiger partial charge in [-0.25, -0.2) is 9.79 Å². The second-order valence-corrected chi connectivity index (χ2v) is 6.88. The molecule has 3 heterocycles. The van der Waals surface area contributed by atoms with Crippen LogP contribution in [0.25, 0.3) is 0 Å². The van der Waals surface area contributed by atoms with E-state index in [1.54, 1.807) is 20.2 Å². The third-order valence-corrected chi connectivity index (χ3v) is 5.24. The van der Waals surface area contributed by atoms with Crippen LogP contribution in [0.1, 0.15) is 13.8 Å². The molecule has 0 spiro atoms. The summed E-state index contributed by atoms with van der Waals surface area (Å²) in [6.07, 6.45) is 4.98. The van der Waals surface area contributed by atoms with Crippen molar-refractivity contribution in [3.8, 4) is 5.75 Å². The summed E-state index contributed by atoms with van der Waals surface area (Å²) in [6, 6.07) is 6.75. The summed E-state index contributed by atoms with van der Waals surface area (Å²) in [7, 11) is 3.31. The van der Waals surface area contributed by atoms with Crippen LogP contribution in [0.4, 0.5) is 10.5 Å². The fraction of sp³-hybridized carbons (Fsp3) is 0.350. The van der Waals surface area contributed by atoms with Gasteiger partial charge in [0.15, 0.2) is 12.2 Å². The summed E-state index contributed by atoms with van der Waals surface area (Å²) in [5, 5.41) is 0. The minimum Gasteiger partial charge on any atom is -0.495 e. The number of methoxy groups -OCH3 is 1. The van der Waals surface area contributed by atoms with E-state index in [1.165, 1.54) is 9.80 Å². The van der Waals surface area contributed by atoms with E-state index >= 15 is 0 Å². The van der Waals surface area contributed by atoms with E-state index in [0.717, 1.165) is 11.4 Å². The molecular formula is C20H23N5O3. The summed E-state index contributed by atoms with van der Waals surface area (Å²) in [4.78, 5) is 37.2. The van der Waals surface area contributed by atoms with Crippen molar-refractivity contribution in [3.05, 3.63) is 48.3 Å². The molecule has 0 radical (unpaired) electrons. The van der Waals surface area contributed by atoms with Gasteiger partial charge in [-0.2, -0.15) is 0 Å². The molecule has 1 aromatic carbocycles. The van der Waals surface area contributed by atoms with Gasteiger partial charge in [-0.05, 0) is 26.0 Å². The number of allylic oxidation sites excluding steroid dienone is 2. The highest BCUT2D eigenvalue weighted by atomic mass is 16.5. The molecule has 0 N–H and O–H groups in total. The normalized spacial score (nSPS) is 24.0. The SMILES string of the molecule is C/C=C/CN1C(=O)C2C(N=C3N(c4ccccc4OC)C(C)=CN32)N(C)C1=O. The van der Waals surface area contributed by atoms with Crippen LogP contribution in [0.15, 0.2) is 53.3 Å². The zero-order valence-electron chi connectivity index (χ0n) is 16.4. The highest BCUT2D eigenvalue weighted by Crippen LogP contribution is 2.39. The quantitative estimate of drug-likeness (QED) is 0.748. The number of ether oxygens (including phenoxy) is 1. The zero-order valence-corrected chi connectivity index (χ0v) is 16.4. The first kappa shape index (κ1) is 18.1. The number of carbonyl (C=O) groups is 2. The molecule has 8 heteroatoms. The maximum atomic E-state index is 13.1. The van der Waals surface area contributed by atoms with Gasteiger partial charge in [0.1, 0.15) is 5.75 Å². The third kappa shape index (κ3) is 2.48. The number of carbonyl (C=O) groups excluding carboxylic acids is 2. The highest BCUT2D eigenvalue weighted by Gasteiger charge is 2.54. The van der Waals surface area contributed by atoms with Crippen molar-refractivity contribution in [2.75, 3.05) is 25.6 Å². The number of likely N-dealkylation sites (N-methyl/N-ethyl adjacent to an activating group) is 1. The Balaban J connectivity index is 1.73. The molecule has 146 valence electrons. The number of urea groups is 1. The van der Waals surface area contributed by atoms with Crippen LogP contribution in [-0.2, 0) is 4.79 Å². The molecule has 3 amide bonds. The van der Waals surface area contributed by atoms with Crippen LogP contribution < -0.4 is 9.64 Å². The standard InChI is InChI=1S/C20H23N5O3/c1-5-6-11-23-18(26)16-17(22(3)20(23)27)21-19-24(16)12-13(2)25(19)14-9-7-8-10-15(14)28-4/h5-10,12,16-17H,11H2,1-4H3/b6-5+. The molecule has 3 aliphatic rings. The van der Waals surface area contributed by atoms with Gasteiger partial charge >= 0.3 is 6.03 Å². The van der Waals surface area contributed by atoms with Gasteiger partial charge < -0.3 is 14.5 Å². The number of nitrogens with zero attached hydrogens (tertiary/aromatic N) is 5. The summed E-state index contributed by atoms with van der Waals surface area (Å²) in [6.45, 7) is 4.08. The first-order chi connectivity index (χ1) is 13.5. The van der Waals surface area contributed by atoms with Crippen LogP contribution in [-0.4, -0.2) is 65.5 Å². The number of hydrogen-bond donors (Lipinski definition) is 0. The molecule has 0 bridgehead atoms. The predicted octanol–water partition coefficient (Wildman–Crippen LogP) is 2.21. The van der Waals surface area contributed by atoms with E-state index in [2.05, 4.69) is 0 Å². The van der Waals surface area contributed by atoms with Gasteiger partial charge in [-0.3, -0.25) is 14.6 Å².